The average molecular weight is 424 g/mol. The molecule has 0 bridgehead atoms. The van der Waals surface area contributed by atoms with Crippen LogP contribution in [-0.4, -0.2) is 65.7 Å². The number of carbonyl (C=O) groups is 1. The number of nitrogens with zero attached hydrogens (tertiary/aromatic N) is 4. The largest absolute Gasteiger partial charge is 0.444 e. The predicted molar refractivity (Wildman–Crippen MR) is 119 cm³/mol. The Bertz CT molecular complexity index is 675. The SMILES string of the molecule is CCc1cnc(CNC(=NC)N2CCC(CN(CC)C(=O)OC(C)(C)C)CC2)s1. The van der Waals surface area contributed by atoms with Gasteiger partial charge in [0.2, 0.25) is 0 Å². The highest BCUT2D eigenvalue weighted by Gasteiger charge is 2.27. The second kappa shape index (κ2) is 10.8. The van der Waals surface area contributed by atoms with E-state index in [4.69, 9.17) is 4.74 Å². The van der Waals surface area contributed by atoms with E-state index in [1.165, 1.54) is 4.88 Å². The Morgan fingerprint density at radius 1 is 1.38 bits per heavy atom. The van der Waals surface area contributed by atoms with Crippen molar-refractivity contribution in [3.05, 3.63) is 16.1 Å². The number of aryl methyl sites for hydroxylation is 1. The van der Waals surface area contributed by atoms with Gasteiger partial charge >= 0.3 is 6.09 Å². The fourth-order valence-electron chi connectivity index (χ4n) is 3.38. The first-order valence-corrected chi connectivity index (χ1v) is 11.4. The van der Waals surface area contributed by atoms with Crippen molar-refractivity contribution in [2.45, 2.75) is 66.0 Å². The highest BCUT2D eigenvalue weighted by atomic mass is 32.1. The molecule has 1 aromatic heterocycles. The molecule has 0 saturated carbocycles. The van der Waals surface area contributed by atoms with Gasteiger partial charge in [0.25, 0.3) is 0 Å². The van der Waals surface area contributed by atoms with Crippen LogP contribution in [0.2, 0.25) is 0 Å². The number of amides is 1. The van der Waals surface area contributed by atoms with Crippen molar-refractivity contribution < 1.29 is 9.53 Å². The van der Waals surface area contributed by atoms with E-state index in [1.54, 1.807) is 11.3 Å². The van der Waals surface area contributed by atoms with Crippen molar-refractivity contribution in [2.24, 2.45) is 10.9 Å². The molecule has 0 atom stereocenters. The lowest BCUT2D eigenvalue weighted by Crippen LogP contribution is -2.47. The van der Waals surface area contributed by atoms with E-state index in [2.05, 4.69) is 27.1 Å². The summed E-state index contributed by atoms with van der Waals surface area (Å²) in [6.07, 6.45) is 4.85. The molecule has 0 unspecified atom stereocenters. The van der Waals surface area contributed by atoms with Crippen LogP contribution in [0.15, 0.2) is 11.2 Å². The second-order valence-corrected chi connectivity index (χ2v) is 9.62. The Labute approximate surface area is 179 Å². The molecule has 1 aliphatic rings. The molecule has 0 radical (unpaired) electrons. The van der Waals surface area contributed by atoms with Crippen LogP contribution in [0.4, 0.5) is 4.79 Å². The molecule has 8 heteroatoms. The Hall–Kier alpha value is -1.83. The van der Waals surface area contributed by atoms with Crippen LogP contribution in [0.25, 0.3) is 0 Å². The average Bonchev–Trinajstić information content (AvgIpc) is 3.14. The molecule has 2 rings (SSSR count). The van der Waals surface area contributed by atoms with Crippen molar-refractivity contribution in [2.75, 3.05) is 33.2 Å². The molecule has 1 aromatic rings. The third-order valence-electron chi connectivity index (χ3n) is 4.99. The van der Waals surface area contributed by atoms with Crippen LogP contribution in [0.1, 0.15) is 57.3 Å². The van der Waals surface area contributed by atoms with Crippen LogP contribution in [0.3, 0.4) is 0 Å². The summed E-state index contributed by atoms with van der Waals surface area (Å²) < 4.78 is 5.54. The summed E-state index contributed by atoms with van der Waals surface area (Å²) in [6.45, 7) is 13.9. The van der Waals surface area contributed by atoms with Gasteiger partial charge in [0.15, 0.2) is 5.96 Å². The highest BCUT2D eigenvalue weighted by molar-refractivity contribution is 7.11. The van der Waals surface area contributed by atoms with E-state index >= 15 is 0 Å². The Morgan fingerprint density at radius 3 is 2.59 bits per heavy atom. The highest BCUT2D eigenvalue weighted by Crippen LogP contribution is 2.20. The predicted octanol–water partition coefficient (Wildman–Crippen LogP) is 3.75. The molecule has 1 fully saturated rings. The molecule has 2 heterocycles. The van der Waals surface area contributed by atoms with Gasteiger partial charge in [0, 0.05) is 44.3 Å². The molecule has 7 nitrogen and oxygen atoms in total. The minimum atomic E-state index is -0.457. The topological polar surface area (TPSA) is 70.1 Å². The van der Waals surface area contributed by atoms with Crippen molar-refractivity contribution in [1.29, 1.82) is 0 Å². The minimum Gasteiger partial charge on any atom is -0.444 e. The first kappa shape index (κ1) is 23.4. The Kier molecular flexibility index (Phi) is 8.74. The molecule has 1 saturated heterocycles. The number of thiazole rings is 1. The van der Waals surface area contributed by atoms with Gasteiger partial charge in [0.1, 0.15) is 10.6 Å². The first-order chi connectivity index (χ1) is 13.8. The van der Waals surface area contributed by atoms with Crippen LogP contribution in [-0.2, 0) is 17.7 Å². The van der Waals surface area contributed by atoms with E-state index < -0.39 is 5.60 Å². The molecule has 1 N–H and O–H groups in total. The van der Waals surface area contributed by atoms with E-state index in [-0.39, 0.29) is 6.09 Å². The van der Waals surface area contributed by atoms with Gasteiger partial charge in [-0.25, -0.2) is 9.78 Å². The number of aromatic nitrogens is 1. The summed E-state index contributed by atoms with van der Waals surface area (Å²) in [7, 11) is 1.83. The zero-order valence-corrected chi connectivity index (χ0v) is 19.6. The Morgan fingerprint density at radius 2 is 2.07 bits per heavy atom. The third-order valence-corrected chi connectivity index (χ3v) is 6.13. The van der Waals surface area contributed by atoms with Crippen LogP contribution in [0, 0.1) is 5.92 Å². The number of carbonyl (C=O) groups excluding carboxylic acids is 1. The van der Waals surface area contributed by atoms with Gasteiger partial charge in [-0.3, -0.25) is 4.99 Å². The maximum atomic E-state index is 12.4. The summed E-state index contributed by atoms with van der Waals surface area (Å²) in [6, 6.07) is 0. The molecule has 164 valence electrons. The molecule has 0 spiro atoms. The quantitative estimate of drug-likeness (QED) is 0.557. The van der Waals surface area contributed by atoms with E-state index in [0.717, 1.165) is 49.9 Å². The standard InChI is InChI=1S/C21H37N5O2S/c1-7-17-13-23-18(29-17)14-24-19(22-6)26-11-9-16(10-12-26)15-25(8-2)20(27)28-21(3,4)5/h13,16H,7-12,14-15H2,1-6H3,(H,22,24). The number of nitrogens with one attached hydrogen (secondary N) is 1. The monoisotopic (exact) mass is 423 g/mol. The van der Waals surface area contributed by atoms with E-state index in [0.29, 0.717) is 19.0 Å². The van der Waals surface area contributed by atoms with E-state index in [9.17, 15) is 4.79 Å². The number of likely N-dealkylation sites (tertiary alicyclic amines) is 1. The molecule has 0 aromatic carbocycles. The maximum Gasteiger partial charge on any atom is 0.410 e. The maximum absolute atomic E-state index is 12.4. The lowest BCUT2D eigenvalue weighted by Gasteiger charge is -2.36. The van der Waals surface area contributed by atoms with Crippen LogP contribution >= 0.6 is 11.3 Å². The van der Waals surface area contributed by atoms with Gasteiger partial charge in [-0.15, -0.1) is 11.3 Å². The van der Waals surface area contributed by atoms with Gasteiger partial charge in [-0.1, -0.05) is 6.92 Å². The molecule has 1 amide bonds. The smallest absolute Gasteiger partial charge is 0.410 e. The summed E-state index contributed by atoms with van der Waals surface area (Å²) in [5, 5.41) is 4.53. The lowest BCUT2D eigenvalue weighted by molar-refractivity contribution is 0.0214. The Balaban J connectivity index is 1.81. The number of rotatable bonds is 6. The third kappa shape index (κ3) is 7.49. The number of hydrogen-bond donors (Lipinski definition) is 1. The van der Waals surface area contributed by atoms with Gasteiger partial charge < -0.3 is 19.9 Å². The number of hydrogen-bond acceptors (Lipinski definition) is 5. The van der Waals surface area contributed by atoms with Crippen molar-refractivity contribution in [1.82, 2.24) is 20.1 Å². The summed E-state index contributed by atoms with van der Waals surface area (Å²) >= 11 is 1.75. The minimum absolute atomic E-state index is 0.213. The van der Waals surface area contributed by atoms with Crippen LogP contribution in [0.5, 0.6) is 0 Å². The van der Waals surface area contributed by atoms with Gasteiger partial charge in [0.05, 0.1) is 6.54 Å². The number of aliphatic imine (C=N–C) groups is 1. The molecule has 29 heavy (non-hydrogen) atoms. The van der Waals surface area contributed by atoms with Crippen molar-refractivity contribution in [3.63, 3.8) is 0 Å². The lowest BCUT2D eigenvalue weighted by atomic mass is 9.96. The summed E-state index contributed by atoms with van der Waals surface area (Å²) in [4.78, 5) is 26.7. The molecular weight excluding hydrogens is 386 g/mol. The zero-order valence-electron chi connectivity index (χ0n) is 18.8. The number of guanidine groups is 1. The van der Waals surface area contributed by atoms with Crippen molar-refractivity contribution in [3.8, 4) is 0 Å². The summed E-state index contributed by atoms with van der Waals surface area (Å²) in [5.41, 5.74) is -0.457. The van der Waals surface area contributed by atoms with E-state index in [1.807, 2.05) is 45.8 Å². The summed E-state index contributed by atoms with van der Waals surface area (Å²) in [5.74, 6) is 1.42. The van der Waals surface area contributed by atoms with Crippen molar-refractivity contribution >= 4 is 23.4 Å². The normalized spacial score (nSPS) is 16.1. The number of ether oxygens (including phenoxy) is 1. The fourth-order valence-corrected chi connectivity index (χ4v) is 4.18. The second-order valence-electron chi connectivity index (χ2n) is 8.42. The molecule has 0 aliphatic carbocycles. The molecule has 1 aliphatic heterocycles. The fraction of sp³-hybridized carbons (Fsp3) is 0.762. The molecular formula is C21H37N5O2S. The van der Waals surface area contributed by atoms with Crippen LogP contribution < -0.4 is 5.32 Å². The zero-order chi connectivity index (χ0) is 21.4. The number of piperidine rings is 1. The van der Waals surface area contributed by atoms with Gasteiger partial charge in [-0.2, -0.15) is 0 Å². The first-order valence-electron chi connectivity index (χ1n) is 10.6. The van der Waals surface area contributed by atoms with Gasteiger partial charge in [-0.05, 0) is 52.9 Å².